The van der Waals surface area contributed by atoms with Crippen molar-refractivity contribution in [3.8, 4) is 5.75 Å². The molecule has 0 bridgehead atoms. The van der Waals surface area contributed by atoms with Crippen LogP contribution in [-0.4, -0.2) is 96.0 Å². The van der Waals surface area contributed by atoms with E-state index in [1.165, 1.54) is 11.8 Å². The van der Waals surface area contributed by atoms with Crippen molar-refractivity contribution in [1.29, 1.82) is 0 Å². The number of benzene rings is 2. The molecule has 0 saturated carbocycles. The number of aliphatic hydroxyl groups excluding tert-OH is 1. The smallest absolute Gasteiger partial charge is 0.248 e. The van der Waals surface area contributed by atoms with Crippen LogP contribution in [0.25, 0.3) is 11.0 Å². The number of fused-ring (bicyclic) bond motifs is 3. The van der Waals surface area contributed by atoms with Gasteiger partial charge in [-0.05, 0) is 49.2 Å². The molecule has 2 fully saturated rings. The molecular weight excluding hydrogens is 604 g/mol. The number of aliphatic hydroxyl groups is 1. The van der Waals surface area contributed by atoms with Crippen molar-refractivity contribution in [3.05, 3.63) is 72.8 Å². The molecule has 7 rings (SSSR count). The van der Waals surface area contributed by atoms with Gasteiger partial charge in [-0.15, -0.1) is 16.9 Å². The maximum atomic E-state index is 14.8. The van der Waals surface area contributed by atoms with Crippen LogP contribution < -0.4 is 9.64 Å². The Hall–Kier alpha value is -4.16. The van der Waals surface area contributed by atoms with Crippen LogP contribution in [0, 0.1) is 17.8 Å². The Balaban J connectivity index is 1.28. The summed E-state index contributed by atoms with van der Waals surface area (Å²) in [5.74, 6) is -1.52. The van der Waals surface area contributed by atoms with Crippen LogP contribution in [0.1, 0.15) is 20.8 Å². The normalized spacial score (nSPS) is 28.0. The number of hydrogen-bond acceptors (Lipinski definition) is 8. The molecule has 4 aliphatic rings. The van der Waals surface area contributed by atoms with Crippen LogP contribution in [-0.2, 0) is 21.1 Å². The summed E-state index contributed by atoms with van der Waals surface area (Å²) in [7, 11) is 0. The molecular formula is C34H38N6O5S. The fourth-order valence-corrected chi connectivity index (χ4v) is 9.53. The number of thioether (sulfide) groups is 1. The van der Waals surface area contributed by atoms with Crippen LogP contribution in [0.4, 0.5) is 5.69 Å². The van der Waals surface area contributed by atoms with Gasteiger partial charge < -0.3 is 24.5 Å². The molecule has 0 aliphatic carbocycles. The highest BCUT2D eigenvalue weighted by atomic mass is 32.2. The molecule has 1 unspecified atom stereocenters. The first-order valence-electron chi connectivity index (χ1n) is 15.9. The standard InChI is InChI=1S/C34H38N6O5S/c1-4-45-23-14-12-22(13-15-23)38-18-7-11-27-28(31(38)42)29-32(43)40(26(19-41)21(2)3)30-33(44)37(17-8-16-34(29,30)46-27)20-39-25-10-6-5-9-24(25)35-36-39/h5-16,21,26-30,41H,4,17-20H2,1-3H3/t26-,27+,28-,29-,30?,34-/m0/s1. The van der Waals surface area contributed by atoms with Crippen LogP contribution >= 0.6 is 11.8 Å². The first-order valence-corrected chi connectivity index (χ1v) is 16.7. The van der Waals surface area contributed by atoms with Crippen LogP contribution in [0.5, 0.6) is 5.75 Å². The van der Waals surface area contributed by atoms with Crippen LogP contribution in [0.15, 0.2) is 72.8 Å². The number of rotatable bonds is 8. The Labute approximate surface area is 271 Å². The zero-order chi connectivity index (χ0) is 32.2. The zero-order valence-electron chi connectivity index (χ0n) is 26.1. The second-order valence-electron chi connectivity index (χ2n) is 12.6. The number of anilines is 1. The van der Waals surface area contributed by atoms with Crippen molar-refractivity contribution in [2.45, 2.75) is 49.5 Å². The summed E-state index contributed by atoms with van der Waals surface area (Å²) >= 11 is 1.53. The van der Waals surface area contributed by atoms with Crippen molar-refractivity contribution in [1.82, 2.24) is 24.8 Å². The van der Waals surface area contributed by atoms with Crippen LogP contribution in [0.3, 0.4) is 0 Å². The van der Waals surface area contributed by atoms with Gasteiger partial charge in [-0.3, -0.25) is 14.4 Å². The highest BCUT2D eigenvalue weighted by Gasteiger charge is 2.72. The minimum atomic E-state index is -0.993. The van der Waals surface area contributed by atoms with E-state index in [2.05, 4.69) is 10.3 Å². The first-order chi connectivity index (χ1) is 22.3. The fourth-order valence-electron chi connectivity index (χ4n) is 7.53. The lowest BCUT2D eigenvalue weighted by atomic mass is 9.78. The molecule has 0 radical (unpaired) electrons. The monoisotopic (exact) mass is 642 g/mol. The summed E-state index contributed by atoms with van der Waals surface area (Å²) in [4.78, 5) is 49.0. The van der Waals surface area contributed by atoms with E-state index in [1.54, 1.807) is 19.4 Å². The molecule has 6 atom stereocenters. The summed E-state index contributed by atoms with van der Waals surface area (Å²) in [6.45, 7) is 6.88. The fraction of sp³-hybridized carbons (Fsp3) is 0.441. The number of aromatic nitrogens is 3. The maximum absolute atomic E-state index is 14.8. The summed E-state index contributed by atoms with van der Waals surface area (Å²) < 4.78 is 6.30. The Morgan fingerprint density at radius 3 is 2.54 bits per heavy atom. The van der Waals surface area contributed by atoms with E-state index < -0.39 is 28.7 Å². The van der Waals surface area contributed by atoms with Crippen LogP contribution in [0.2, 0.25) is 0 Å². The lowest BCUT2D eigenvalue weighted by molar-refractivity contribution is -0.147. The molecule has 1 N–H and O–H groups in total. The van der Waals surface area contributed by atoms with Gasteiger partial charge in [0.15, 0.2) is 0 Å². The van der Waals surface area contributed by atoms with Gasteiger partial charge in [0.1, 0.15) is 24.0 Å². The van der Waals surface area contributed by atoms with E-state index in [0.29, 0.717) is 19.7 Å². The molecule has 2 saturated heterocycles. The molecule has 46 heavy (non-hydrogen) atoms. The Kier molecular flexibility index (Phi) is 7.88. The van der Waals surface area contributed by atoms with Crippen molar-refractivity contribution >= 4 is 46.2 Å². The highest BCUT2D eigenvalue weighted by molar-refractivity contribution is 8.02. The second kappa shape index (κ2) is 11.9. The first kappa shape index (κ1) is 30.5. The van der Waals surface area contributed by atoms with Gasteiger partial charge in [0.2, 0.25) is 17.7 Å². The summed E-state index contributed by atoms with van der Waals surface area (Å²) in [6.07, 6.45) is 7.95. The van der Waals surface area contributed by atoms with E-state index >= 15 is 0 Å². The topological polar surface area (TPSA) is 121 Å². The van der Waals surface area contributed by atoms with Crippen molar-refractivity contribution < 1.29 is 24.2 Å². The minimum Gasteiger partial charge on any atom is -0.494 e. The molecule has 3 amide bonds. The number of carbonyl (C=O) groups excluding carboxylic acids is 3. The number of para-hydroxylation sites is 1. The third-order valence-corrected chi connectivity index (χ3v) is 11.4. The number of amides is 3. The van der Waals surface area contributed by atoms with Crippen molar-refractivity contribution in [3.63, 3.8) is 0 Å². The molecule has 4 aliphatic heterocycles. The van der Waals surface area contributed by atoms with E-state index in [9.17, 15) is 19.5 Å². The minimum absolute atomic E-state index is 0.122. The van der Waals surface area contributed by atoms with Crippen molar-refractivity contribution in [2.75, 3.05) is 31.2 Å². The molecule has 3 aromatic rings. The third kappa shape index (κ3) is 4.72. The average Bonchev–Trinajstić information content (AvgIpc) is 3.60. The lowest BCUT2D eigenvalue weighted by Gasteiger charge is -2.39. The third-order valence-electron chi connectivity index (χ3n) is 9.68. The number of ether oxygens (including phenoxy) is 1. The molecule has 2 aromatic carbocycles. The Morgan fingerprint density at radius 1 is 1.02 bits per heavy atom. The van der Waals surface area contributed by atoms with Gasteiger partial charge in [0, 0.05) is 24.0 Å². The number of likely N-dealkylation sites (tertiary alicyclic amines) is 1. The number of carbonyl (C=O) groups is 3. The molecule has 11 nitrogen and oxygen atoms in total. The van der Waals surface area contributed by atoms with E-state index in [4.69, 9.17) is 4.74 Å². The Morgan fingerprint density at radius 2 is 1.80 bits per heavy atom. The maximum Gasteiger partial charge on any atom is 0.248 e. The summed E-state index contributed by atoms with van der Waals surface area (Å²) in [5.41, 5.74) is 2.25. The highest BCUT2D eigenvalue weighted by Crippen LogP contribution is 2.61. The van der Waals surface area contributed by atoms with Gasteiger partial charge in [-0.25, -0.2) is 4.68 Å². The Bertz CT molecular complexity index is 1720. The van der Waals surface area contributed by atoms with Gasteiger partial charge in [-0.2, -0.15) is 0 Å². The van der Waals surface area contributed by atoms with Gasteiger partial charge >= 0.3 is 0 Å². The lowest BCUT2D eigenvalue weighted by Crippen LogP contribution is -2.57. The predicted molar refractivity (Wildman–Crippen MR) is 175 cm³/mol. The summed E-state index contributed by atoms with van der Waals surface area (Å²) in [6, 6.07) is 13.5. The molecule has 12 heteroatoms. The molecule has 1 aromatic heterocycles. The number of hydrogen-bond donors (Lipinski definition) is 1. The van der Waals surface area contributed by atoms with Gasteiger partial charge in [0.05, 0.1) is 41.4 Å². The molecule has 1 spiro atoms. The zero-order valence-corrected chi connectivity index (χ0v) is 26.9. The van der Waals surface area contributed by atoms with Crippen molar-refractivity contribution in [2.24, 2.45) is 17.8 Å². The van der Waals surface area contributed by atoms with E-state index in [-0.39, 0.29) is 42.2 Å². The molecule has 5 heterocycles. The van der Waals surface area contributed by atoms with Gasteiger partial charge in [0.25, 0.3) is 0 Å². The van der Waals surface area contributed by atoms with Gasteiger partial charge in [-0.1, -0.05) is 55.5 Å². The second-order valence-corrected chi connectivity index (χ2v) is 14.1. The molecule has 240 valence electrons. The summed E-state index contributed by atoms with van der Waals surface area (Å²) in [5, 5.41) is 18.9. The SMILES string of the molecule is CCOc1ccc(N2CC=C[C@H]3S[C@]45C=CCN(Cn6nnc7ccccc76)C(=O)C4N([C@@H](CO)C(C)C)C(=O)[C@@H]5[C@H]3C2=O)cc1. The number of nitrogens with zero attached hydrogens (tertiary/aromatic N) is 6. The van der Waals surface area contributed by atoms with E-state index in [1.807, 2.05) is 93.6 Å². The largest absolute Gasteiger partial charge is 0.494 e. The average molecular weight is 643 g/mol. The predicted octanol–water partition coefficient (Wildman–Crippen LogP) is 3.10. The van der Waals surface area contributed by atoms with E-state index in [0.717, 1.165) is 22.5 Å². The quantitative estimate of drug-likeness (QED) is 0.373.